The van der Waals surface area contributed by atoms with Crippen LogP contribution in [0.4, 0.5) is 5.69 Å². The van der Waals surface area contributed by atoms with E-state index in [0.29, 0.717) is 10.4 Å². The van der Waals surface area contributed by atoms with Crippen LogP contribution in [0.15, 0.2) is 23.2 Å². The van der Waals surface area contributed by atoms with Gasteiger partial charge in [-0.2, -0.15) is 4.99 Å². The fourth-order valence-corrected chi connectivity index (χ4v) is 1.56. The first-order valence-electron chi connectivity index (χ1n) is 3.20. The fraction of sp³-hybridized carbons (Fsp3) is 0.125. The van der Waals surface area contributed by atoms with Crippen molar-refractivity contribution in [3.05, 3.63) is 28.8 Å². The Morgan fingerprint density at radius 2 is 2.33 bits per heavy atom. The molecule has 0 saturated heterocycles. The van der Waals surface area contributed by atoms with Gasteiger partial charge in [0.05, 0.1) is 10.8 Å². The summed E-state index contributed by atoms with van der Waals surface area (Å²) in [5.41, 5.74) is 1.83. The van der Waals surface area contributed by atoms with E-state index in [1.807, 2.05) is 12.1 Å². The maximum Gasteiger partial charge on any atom is 0.0781 e. The van der Waals surface area contributed by atoms with Crippen molar-refractivity contribution < 1.29 is 0 Å². The highest BCUT2D eigenvalue weighted by molar-refractivity contribution is 9.08. The lowest BCUT2D eigenvalue weighted by atomic mass is 10.2. The lowest BCUT2D eigenvalue weighted by molar-refractivity contribution is 1.39. The van der Waals surface area contributed by atoms with Gasteiger partial charge in [-0.1, -0.05) is 27.5 Å². The highest BCUT2D eigenvalue weighted by Crippen LogP contribution is 2.24. The molecule has 0 bridgehead atoms. The van der Waals surface area contributed by atoms with Gasteiger partial charge in [-0.3, -0.25) is 0 Å². The van der Waals surface area contributed by atoms with E-state index < -0.39 is 0 Å². The minimum atomic E-state index is 0.702. The van der Waals surface area contributed by atoms with Crippen LogP contribution in [-0.4, -0.2) is 5.16 Å². The predicted molar refractivity (Wildman–Crippen MR) is 58.8 cm³/mol. The van der Waals surface area contributed by atoms with Gasteiger partial charge in [-0.15, -0.1) is 0 Å². The summed E-state index contributed by atoms with van der Waals surface area (Å²) in [5.74, 6) is 0. The molecule has 0 fully saturated rings. The molecule has 0 radical (unpaired) electrons. The third kappa shape index (κ3) is 2.39. The Kier molecular flexibility index (Phi) is 3.89. The topological polar surface area (TPSA) is 12.4 Å². The van der Waals surface area contributed by atoms with Crippen molar-refractivity contribution in [3.8, 4) is 0 Å². The number of aliphatic imine (C=N–C) groups is 1. The third-order valence-electron chi connectivity index (χ3n) is 1.35. The number of hydrogen-bond donors (Lipinski definition) is 0. The Hall–Kier alpha value is -0.210. The van der Waals surface area contributed by atoms with E-state index in [1.165, 1.54) is 0 Å². The molecule has 62 valence electrons. The normalized spacial score (nSPS) is 9.17. The van der Waals surface area contributed by atoms with Crippen molar-refractivity contribution in [3.63, 3.8) is 0 Å². The summed E-state index contributed by atoms with van der Waals surface area (Å²) in [4.78, 5) is 3.89. The Bertz CT molecular complexity index is 334. The summed E-state index contributed by atoms with van der Waals surface area (Å²) in [6.45, 7) is 0. The SMILES string of the molecule is S=C=Nc1ccc(Cl)cc1CBr. The summed E-state index contributed by atoms with van der Waals surface area (Å²) in [6.07, 6.45) is 0. The van der Waals surface area contributed by atoms with Crippen LogP contribution < -0.4 is 0 Å². The van der Waals surface area contributed by atoms with E-state index >= 15 is 0 Å². The van der Waals surface area contributed by atoms with Crippen LogP contribution in [0.3, 0.4) is 0 Å². The largest absolute Gasteiger partial charge is 0.194 e. The molecule has 4 heteroatoms. The highest BCUT2D eigenvalue weighted by Gasteiger charge is 1.99. The van der Waals surface area contributed by atoms with Gasteiger partial charge in [0.15, 0.2) is 0 Å². The molecule has 0 heterocycles. The highest BCUT2D eigenvalue weighted by atomic mass is 79.9. The summed E-state index contributed by atoms with van der Waals surface area (Å²) < 4.78 is 0. The minimum Gasteiger partial charge on any atom is -0.194 e. The first-order chi connectivity index (χ1) is 5.77. The monoisotopic (exact) mass is 261 g/mol. The van der Waals surface area contributed by atoms with Crippen LogP contribution in [0.5, 0.6) is 0 Å². The van der Waals surface area contributed by atoms with Gasteiger partial charge in [0.25, 0.3) is 0 Å². The van der Waals surface area contributed by atoms with Crippen LogP contribution in [-0.2, 0) is 5.33 Å². The van der Waals surface area contributed by atoms with Gasteiger partial charge in [0.2, 0.25) is 0 Å². The van der Waals surface area contributed by atoms with Crippen molar-refractivity contribution in [1.82, 2.24) is 0 Å². The summed E-state index contributed by atoms with van der Waals surface area (Å²) in [7, 11) is 0. The number of hydrogen-bond acceptors (Lipinski definition) is 2. The first-order valence-corrected chi connectivity index (χ1v) is 5.11. The number of isothiocyanates is 1. The van der Waals surface area contributed by atoms with Crippen LogP contribution >= 0.6 is 39.7 Å². The minimum absolute atomic E-state index is 0.702. The van der Waals surface area contributed by atoms with Gasteiger partial charge in [-0.05, 0) is 36.0 Å². The molecule has 0 aliphatic heterocycles. The molecular weight excluding hydrogens is 258 g/mol. The molecule has 0 saturated carbocycles. The van der Waals surface area contributed by atoms with Crippen LogP contribution in [0.25, 0.3) is 0 Å². The standard InChI is InChI=1S/C8H5BrClNS/c9-4-6-3-7(10)1-2-8(6)11-5-12/h1-3H,4H2. The Labute approximate surface area is 89.6 Å². The molecule has 0 unspecified atom stereocenters. The van der Waals surface area contributed by atoms with E-state index in [1.54, 1.807) is 6.07 Å². The smallest absolute Gasteiger partial charge is 0.0781 e. The average molecular weight is 263 g/mol. The molecule has 1 aromatic rings. The summed E-state index contributed by atoms with van der Waals surface area (Å²) in [5, 5.41) is 3.74. The number of halogens is 2. The fourth-order valence-electron chi connectivity index (χ4n) is 0.819. The molecule has 0 spiro atoms. The van der Waals surface area contributed by atoms with E-state index in [-0.39, 0.29) is 0 Å². The van der Waals surface area contributed by atoms with Crippen molar-refractivity contribution in [1.29, 1.82) is 0 Å². The van der Waals surface area contributed by atoms with Crippen molar-refractivity contribution >= 4 is 50.6 Å². The van der Waals surface area contributed by atoms with E-state index in [9.17, 15) is 0 Å². The summed E-state index contributed by atoms with van der Waals surface area (Å²) in [6, 6.07) is 5.44. The molecule has 0 aliphatic carbocycles. The second kappa shape index (κ2) is 4.73. The molecule has 1 aromatic carbocycles. The lowest BCUT2D eigenvalue weighted by Gasteiger charge is -1.99. The van der Waals surface area contributed by atoms with Gasteiger partial charge < -0.3 is 0 Å². The average Bonchev–Trinajstić information content (AvgIpc) is 2.08. The number of rotatable bonds is 2. The van der Waals surface area contributed by atoms with Crippen LogP contribution in [0.1, 0.15) is 5.56 Å². The van der Waals surface area contributed by atoms with Crippen molar-refractivity contribution in [2.75, 3.05) is 0 Å². The molecule has 0 amide bonds. The lowest BCUT2D eigenvalue weighted by Crippen LogP contribution is -1.78. The third-order valence-corrected chi connectivity index (χ3v) is 2.28. The Morgan fingerprint density at radius 1 is 1.58 bits per heavy atom. The zero-order valence-corrected chi connectivity index (χ0v) is 9.21. The van der Waals surface area contributed by atoms with Crippen molar-refractivity contribution in [2.45, 2.75) is 5.33 Å². The molecule has 1 rings (SSSR count). The second-order valence-electron chi connectivity index (χ2n) is 2.11. The van der Waals surface area contributed by atoms with E-state index in [4.69, 9.17) is 11.6 Å². The maximum atomic E-state index is 5.79. The Balaban J connectivity index is 3.19. The molecule has 12 heavy (non-hydrogen) atoms. The number of benzene rings is 1. The van der Waals surface area contributed by atoms with Gasteiger partial charge in [-0.25, -0.2) is 0 Å². The molecule has 0 aromatic heterocycles. The van der Waals surface area contributed by atoms with E-state index in [0.717, 1.165) is 11.3 Å². The quantitative estimate of drug-likeness (QED) is 0.446. The second-order valence-corrected chi connectivity index (χ2v) is 3.29. The molecule has 0 atom stereocenters. The zero-order chi connectivity index (χ0) is 8.97. The van der Waals surface area contributed by atoms with Crippen LogP contribution in [0, 0.1) is 0 Å². The predicted octanol–water partition coefficient (Wildman–Crippen LogP) is 3.97. The molecule has 0 aliphatic rings. The van der Waals surface area contributed by atoms with Crippen LogP contribution in [0.2, 0.25) is 5.02 Å². The zero-order valence-electron chi connectivity index (χ0n) is 6.05. The first kappa shape index (κ1) is 9.87. The Morgan fingerprint density at radius 3 is 2.92 bits per heavy atom. The molecule has 1 nitrogen and oxygen atoms in total. The summed E-state index contributed by atoms with van der Waals surface area (Å²) >= 11 is 13.6. The van der Waals surface area contributed by atoms with Crippen molar-refractivity contribution in [2.24, 2.45) is 4.99 Å². The van der Waals surface area contributed by atoms with Gasteiger partial charge in [0, 0.05) is 10.4 Å². The molecular formula is C8H5BrClNS. The number of alkyl halides is 1. The number of nitrogens with zero attached hydrogens (tertiary/aromatic N) is 1. The molecule has 0 N–H and O–H groups in total. The van der Waals surface area contributed by atoms with E-state index in [2.05, 4.69) is 38.3 Å². The van der Waals surface area contributed by atoms with Gasteiger partial charge >= 0.3 is 0 Å². The van der Waals surface area contributed by atoms with Gasteiger partial charge in [0.1, 0.15) is 0 Å². The maximum absolute atomic E-state index is 5.79. The number of thiocarbonyl (C=S) groups is 1.